The Morgan fingerprint density at radius 1 is 1.56 bits per heavy atom. The van der Waals surface area contributed by atoms with Gasteiger partial charge in [0, 0.05) is 19.1 Å². The topological polar surface area (TPSA) is 28.2 Å². The summed E-state index contributed by atoms with van der Waals surface area (Å²) in [5.74, 6) is 0. The summed E-state index contributed by atoms with van der Waals surface area (Å²) in [5.41, 5.74) is 0. The van der Waals surface area contributed by atoms with Crippen molar-refractivity contribution in [1.29, 1.82) is 0 Å². The minimum Gasteiger partial charge on any atom is -0.307 e. The first-order valence-electron chi connectivity index (χ1n) is 5.80. The maximum Gasteiger partial charge on any atom is 0.113 e. The Hall–Kier alpha value is -0.160. The highest BCUT2D eigenvalue weighted by atomic mass is 35.5. The lowest BCUT2D eigenvalue weighted by atomic mass is 10.3. The number of thiazole rings is 1. The van der Waals surface area contributed by atoms with Crippen LogP contribution in [-0.4, -0.2) is 35.6 Å². The molecule has 1 aromatic heterocycles. The van der Waals surface area contributed by atoms with E-state index in [2.05, 4.69) is 22.1 Å². The molecule has 0 radical (unpaired) electrons. The first-order valence-corrected chi connectivity index (χ1v) is 6.99. The molecule has 1 saturated heterocycles. The van der Waals surface area contributed by atoms with E-state index in [4.69, 9.17) is 11.6 Å². The minimum atomic E-state index is 0.515. The third-order valence-electron chi connectivity index (χ3n) is 2.86. The highest BCUT2D eigenvalue weighted by Gasteiger charge is 2.14. The molecule has 0 aliphatic carbocycles. The molecule has 0 spiro atoms. The predicted molar refractivity (Wildman–Crippen MR) is 69.1 cm³/mol. The van der Waals surface area contributed by atoms with Crippen LogP contribution in [0, 0.1) is 0 Å². The van der Waals surface area contributed by atoms with Gasteiger partial charge in [-0.15, -0.1) is 11.3 Å². The summed E-state index contributed by atoms with van der Waals surface area (Å²) < 4.78 is 0.768. The number of hydrogen-bond acceptors (Lipinski definition) is 4. The quantitative estimate of drug-likeness (QED) is 0.880. The van der Waals surface area contributed by atoms with Gasteiger partial charge in [0.2, 0.25) is 0 Å². The first-order chi connectivity index (χ1) is 7.74. The van der Waals surface area contributed by atoms with Crippen LogP contribution in [-0.2, 0) is 6.54 Å². The number of rotatable bonds is 5. The lowest BCUT2D eigenvalue weighted by Crippen LogP contribution is -2.37. The van der Waals surface area contributed by atoms with Gasteiger partial charge in [0.1, 0.15) is 9.34 Å². The molecule has 90 valence electrons. The van der Waals surface area contributed by atoms with E-state index in [9.17, 15) is 0 Å². The van der Waals surface area contributed by atoms with Gasteiger partial charge in [-0.1, -0.05) is 11.6 Å². The standard InChI is InChI=1S/C11H18ClN3S/c1-9(8-15-4-2-3-5-15)13-7-11-14-6-10(12)16-11/h6,9,13H,2-5,7-8H2,1H3. The third kappa shape index (κ3) is 3.70. The molecule has 0 saturated carbocycles. The summed E-state index contributed by atoms with van der Waals surface area (Å²) in [5, 5.41) is 4.55. The highest BCUT2D eigenvalue weighted by Crippen LogP contribution is 2.18. The SMILES string of the molecule is CC(CN1CCCC1)NCc1ncc(Cl)s1. The second kappa shape index (κ2) is 5.96. The van der Waals surface area contributed by atoms with Crippen LogP contribution in [0.2, 0.25) is 4.34 Å². The number of halogens is 1. The first kappa shape index (κ1) is 12.3. The second-order valence-electron chi connectivity index (χ2n) is 4.35. The number of likely N-dealkylation sites (tertiary alicyclic amines) is 1. The van der Waals surface area contributed by atoms with Crippen molar-refractivity contribution in [3.05, 3.63) is 15.5 Å². The van der Waals surface area contributed by atoms with E-state index in [-0.39, 0.29) is 0 Å². The number of nitrogens with one attached hydrogen (secondary N) is 1. The van der Waals surface area contributed by atoms with Gasteiger partial charge in [-0.2, -0.15) is 0 Å². The van der Waals surface area contributed by atoms with Gasteiger partial charge in [-0.05, 0) is 32.9 Å². The van der Waals surface area contributed by atoms with E-state index in [1.54, 1.807) is 17.5 Å². The van der Waals surface area contributed by atoms with Crippen LogP contribution >= 0.6 is 22.9 Å². The maximum absolute atomic E-state index is 5.83. The largest absolute Gasteiger partial charge is 0.307 e. The average molecular weight is 260 g/mol. The fraction of sp³-hybridized carbons (Fsp3) is 0.727. The maximum atomic E-state index is 5.83. The Morgan fingerprint density at radius 3 is 2.94 bits per heavy atom. The second-order valence-corrected chi connectivity index (χ2v) is 6.09. The molecular weight excluding hydrogens is 242 g/mol. The van der Waals surface area contributed by atoms with Crippen molar-refractivity contribution < 1.29 is 0 Å². The van der Waals surface area contributed by atoms with Gasteiger partial charge in [-0.25, -0.2) is 4.98 Å². The van der Waals surface area contributed by atoms with Gasteiger partial charge < -0.3 is 10.2 Å². The number of aromatic nitrogens is 1. The van der Waals surface area contributed by atoms with E-state index in [0.717, 1.165) is 22.4 Å². The van der Waals surface area contributed by atoms with Crippen LogP contribution in [0.15, 0.2) is 6.20 Å². The van der Waals surface area contributed by atoms with Crippen LogP contribution in [0.1, 0.15) is 24.8 Å². The smallest absolute Gasteiger partial charge is 0.113 e. The molecule has 5 heteroatoms. The van der Waals surface area contributed by atoms with Crippen molar-refractivity contribution in [1.82, 2.24) is 15.2 Å². The van der Waals surface area contributed by atoms with Crippen LogP contribution < -0.4 is 5.32 Å². The van der Waals surface area contributed by atoms with E-state index in [1.807, 2.05) is 0 Å². The van der Waals surface area contributed by atoms with Gasteiger partial charge in [0.15, 0.2) is 0 Å². The average Bonchev–Trinajstić information content (AvgIpc) is 2.87. The summed E-state index contributed by atoms with van der Waals surface area (Å²) >= 11 is 7.38. The zero-order chi connectivity index (χ0) is 11.4. The molecule has 2 heterocycles. The van der Waals surface area contributed by atoms with Crippen LogP contribution in [0.25, 0.3) is 0 Å². The zero-order valence-corrected chi connectivity index (χ0v) is 11.2. The summed E-state index contributed by atoms with van der Waals surface area (Å²) in [4.78, 5) is 6.75. The van der Waals surface area contributed by atoms with Crippen LogP contribution in [0.4, 0.5) is 0 Å². The molecule has 1 aromatic rings. The molecule has 1 N–H and O–H groups in total. The van der Waals surface area contributed by atoms with Crippen LogP contribution in [0.5, 0.6) is 0 Å². The monoisotopic (exact) mass is 259 g/mol. The third-order valence-corrected chi connectivity index (χ3v) is 3.97. The Bertz CT molecular complexity index is 323. The molecule has 1 aliphatic rings. The molecule has 16 heavy (non-hydrogen) atoms. The molecule has 2 rings (SSSR count). The molecule has 1 aliphatic heterocycles. The van der Waals surface area contributed by atoms with Gasteiger partial charge >= 0.3 is 0 Å². The highest BCUT2D eigenvalue weighted by molar-refractivity contribution is 7.15. The van der Waals surface area contributed by atoms with E-state index >= 15 is 0 Å². The lowest BCUT2D eigenvalue weighted by molar-refractivity contribution is 0.298. The Labute approximate surface area is 106 Å². The van der Waals surface area contributed by atoms with Crippen molar-refractivity contribution >= 4 is 22.9 Å². The molecule has 1 atom stereocenters. The van der Waals surface area contributed by atoms with Gasteiger partial charge in [-0.3, -0.25) is 0 Å². The van der Waals surface area contributed by atoms with E-state index in [1.165, 1.54) is 25.9 Å². The number of nitrogens with zero attached hydrogens (tertiary/aromatic N) is 2. The predicted octanol–water partition coefficient (Wildman–Crippen LogP) is 2.37. The van der Waals surface area contributed by atoms with Crippen molar-refractivity contribution in [3.63, 3.8) is 0 Å². The fourth-order valence-corrected chi connectivity index (χ4v) is 2.96. The summed E-state index contributed by atoms with van der Waals surface area (Å²) in [7, 11) is 0. The fourth-order valence-electron chi connectivity index (χ4n) is 2.05. The van der Waals surface area contributed by atoms with Crippen molar-refractivity contribution in [2.75, 3.05) is 19.6 Å². The van der Waals surface area contributed by atoms with Gasteiger partial charge in [0.05, 0.1) is 6.20 Å². The molecule has 0 bridgehead atoms. The Morgan fingerprint density at radius 2 is 2.31 bits per heavy atom. The van der Waals surface area contributed by atoms with Crippen LogP contribution in [0.3, 0.4) is 0 Å². The number of hydrogen-bond donors (Lipinski definition) is 1. The lowest BCUT2D eigenvalue weighted by Gasteiger charge is -2.20. The van der Waals surface area contributed by atoms with Crippen molar-refractivity contribution in [2.24, 2.45) is 0 Å². The van der Waals surface area contributed by atoms with Crippen molar-refractivity contribution in [2.45, 2.75) is 32.4 Å². The molecule has 3 nitrogen and oxygen atoms in total. The minimum absolute atomic E-state index is 0.515. The summed E-state index contributed by atoms with van der Waals surface area (Å²) in [6, 6.07) is 0.515. The molecule has 1 unspecified atom stereocenters. The van der Waals surface area contributed by atoms with E-state index < -0.39 is 0 Å². The molecule has 0 aromatic carbocycles. The molecule has 1 fully saturated rings. The van der Waals surface area contributed by atoms with Gasteiger partial charge in [0.25, 0.3) is 0 Å². The Kier molecular flexibility index (Phi) is 4.58. The molecule has 0 amide bonds. The molecular formula is C11H18ClN3S. The summed E-state index contributed by atoms with van der Waals surface area (Å²) in [6.45, 7) is 6.71. The normalized spacial score (nSPS) is 19.1. The van der Waals surface area contributed by atoms with E-state index in [0.29, 0.717) is 6.04 Å². The van der Waals surface area contributed by atoms with Crippen molar-refractivity contribution in [3.8, 4) is 0 Å². The zero-order valence-electron chi connectivity index (χ0n) is 9.58. The Balaban J connectivity index is 1.68. The summed E-state index contributed by atoms with van der Waals surface area (Å²) in [6.07, 6.45) is 4.43.